The summed E-state index contributed by atoms with van der Waals surface area (Å²) in [5.41, 5.74) is 0. The van der Waals surface area contributed by atoms with Gasteiger partial charge >= 0.3 is 0 Å². The Kier molecular flexibility index (Phi) is 23.1. The third-order valence-electron chi connectivity index (χ3n) is 2.17. The Balaban J connectivity index is 0. The first-order valence-electron chi connectivity index (χ1n) is 6.26. The van der Waals surface area contributed by atoms with Crippen molar-refractivity contribution in [1.82, 2.24) is 0 Å². The number of aliphatic hydroxyl groups excluding tert-OH is 4. The minimum absolute atomic E-state index is 0.125. The molecule has 0 bridgehead atoms. The van der Waals surface area contributed by atoms with Crippen LogP contribution in [0.15, 0.2) is 0 Å². The van der Waals surface area contributed by atoms with E-state index in [4.69, 9.17) is 20.4 Å². The van der Waals surface area contributed by atoms with E-state index in [1.807, 2.05) is 0 Å². The van der Waals surface area contributed by atoms with Gasteiger partial charge in [-0.2, -0.15) is 0 Å². The lowest BCUT2D eigenvalue weighted by atomic mass is 10.1. The molecule has 0 amide bonds. The Hall–Kier alpha value is -0.160. The largest absolute Gasteiger partial charge is 0.396 e. The maximum absolute atomic E-state index is 8.51. The zero-order chi connectivity index (χ0) is 12.5. The van der Waals surface area contributed by atoms with Gasteiger partial charge in [0.15, 0.2) is 0 Å². The van der Waals surface area contributed by atoms with Crippen molar-refractivity contribution in [1.29, 1.82) is 0 Å². The summed E-state index contributed by atoms with van der Waals surface area (Å²) in [5.74, 6) is 0. The zero-order valence-corrected chi connectivity index (χ0v) is 10.3. The molecular formula is C12H28O4. The molecule has 0 aliphatic carbocycles. The van der Waals surface area contributed by atoms with Crippen LogP contribution in [-0.2, 0) is 0 Å². The second-order valence-corrected chi connectivity index (χ2v) is 3.72. The molecule has 4 heteroatoms. The first-order chi connectivity index (χ1) is 7.83. The van der Waals surface area contributed by atoms with Gasteiger partial charge in [-0.05, 0) is 12.8 Å². The molecule has 16 heavy (non-hydrogen) atoms. The van der Waals surface area contributed by atoms with Crippen molar-refractivity contribution in [3.8, 4) is 0 Å². The van der Waals surface area contributed by atoms with Gasteiger partial charge < -0.3 is 20.4 Å². The molecule has 0 aliphatic rings. The molecule has 0 atom stereocenters. The highest BCUT2D eigenvalue weighted by molar-refractivity contribution is 4.45. The zero-order valence-electron chi connectivity index (χ0n) is 10.3. The van der Waals surface area contributed by atoms with Gasteiger partial charge in [-0.3, -0.25) is 0 Å². The summed E-state index contributed by atoms with van der Waals surface area (Å²) in [4.78, 5) is 0. The van der Waals surface area contributed by atoms with Crippen LogP contribution in [0.5, 0.6) is 0 Å². The fourth-order valence-electron chi connectivity index (χ4n) is 1.28. The lowest BCUT2D eigenvalue weighted by Crippen LogP contribution is -1.85. The van der Waals surface area contributed by atoms with E-state index in [0.29, 0.717) is 13.2 Å². The Morgan fingerprint density at radius 1 is 0.312 bits per heavy atom. The van der Waals surface area contributed by atoms with E-state index in [1.54, 1.807) is 0 Å². The molecule has 4 N–H and O–H groups in total. The summed E-state index contributed by atoms with van der Waals surface area (Å²) in [6, 6.07) is 0. The molecule has 0 saturated carbocycles. The topological polar surface area (TPSA) is 80.9 Å². The fourth-order valence-corrected chi connectivity index (χ4v) is 1.28. The Morgan fingerprint density at radius 3 is 0.750 bits per heavy atom. The molecule has 0 radical (unpaired) electrons. The van der Waals surface area contributed by atoms with Gasteiger partial charge in [0, 0.05) is 13.2 Å². The van der Waals surface area contributed by atoms with E-state index in [9.17, 15) is 0 Å². The van der Waals surface area contributed by atoms with Crippen LogP contribution in [0.4, 0.5) is 0 Å². The molecular weight excluding hydrogens is 208 g/mol. The van der Waals surface area contributed by atoms with Crippen LogP contribution in [0.3, 0.4) is 0 Å². The van der Waals surface area contributed by atoms with E-state index in [-0.39, 0.29) is 13.2 Å². The van der Waals surface area contributed by atoms with Crippen LogP contribution >= 0.6 is 0 Å². The number of aliphatic hydroxyl groups is 4. The molecule has 0 spiro atoms. The number of hydrogen-bond donors (Lipinski definition) is 4. The molecule has 0 rings (SSSR count). The fraction of sp³-hybridized carbons (Fsp3) is 1.00. The molecule has 0 aromatic rings. The molecule has 0 aromatic heterocycles. The van der Waals surface area contributed by atoms with Gasteiger partial charge in [0.25, 0.3) is 0 Å². The van der Waals surface area contributed by atoms with Crippen LogP contribution < -0.4 is 0 Å². The maximum Gasteiger partial charge on any atom is 0.0662 e. The summed E-state index contributed by atoms with van der Waals surface area (Å²) in [5, 5.41) is 32.3. The van der Waals surface area contributed by atoms with Crippen molar-refractivity contribution in [3.05, 3.63) is 0 Å². The van der Waals surface area contributed by atoms with Crippen molar-refractivity contribution in [2.24, 2.45) is 0 Å². The van der Waals surface area contributed by atoms with Gasteiger partial charge in [0.05, 0.1) is 13.2 Å². The van der Waals surface area contributed by atoms with Crippen LogP contribution in [0.25, 0.3) is 0 Å². The number of hydrogen-bond acceptors (Lipinski definition) is 4. The van der Waals surface area contributed by atoms with Gasteiger partial charge in [-0.15, -0.1) is 0 Å². The Morgan fingerprint density at radius 2 is 0.562 bits per heavy atom. The van der Waals surface area contributed by atoms with Crippen LogP contribution in [0.2, 0.25) is 0 Å². The standard InChI is InChI=1S/C10H22O2.C2H6O2/c11-9-7-5-3-1-2-4-6-8-10-12;3-1-2-4/h11-12H,1-10H2;3-4H,1-2H2. The third-order valence-corrected chi connectivity index (χ3v) is 2.17. The molecule has 0 aliphatic heterocycles. The van der Waals surface area contributed by atoms with E-state index in [2.05, 4.69) is 0 Å². The second kappa shape index (κ2) is 20.3. The first-order valence-corrected chi connectivity index (χ1v) is 6.26. The van der Waals surface area contributed by atoms with E-state index in [1.165, 1.54) is 25.7 Å². The monoisotopic (exact) mass is 236 g/mol. The SMILES string of the molecule is OCCCCCCCCCCO.OCCO. The van der Waals surface area contributed by atoms with Crippen molar-refractivity contribution in [2.45, 2.75) is 51.4 Å². The van der Waals surface area contributed by atoms with Gasteiger partial charge in [-0.1, -0.05) is 38.5 Å². The lowest BCUT2D eigenvalue weighted by molar-refractivity contribution is 0.186. The predicted molar refractivity (Wildman–Crippen MR) is 65.3 cm³/mol. The van der Waals surface area contributed by atoms with Crippen LogP contribution in [0, 0.1) is 0 Å². The van der Waals surface area contributed by atoms with Gasteiger partial charge in [0.2, 0.25) is 0 Å². The number of unbranched alkanes of at least 4 members (excludes halogenated alkanes) is 7. The van der Waals surface area contributed by atoms with Gasteiger partial charge in [0.1, 0.15) is 0 Å². The highest BCUT2D eigenvalue weighted by Crippen LogP contribution is 2.07. The minimum Gasteiger partial charge on any atom is -0.396 e. The average molecular weight is 236 g/mol. The summed E-state index contributed by atoms with van der Waals surface area (Å²) in [6.45, 7) is 0.426. The van der Waals surface area contributed by atoms with Gasteiger partial charge in [-0.25, -0.2) is 0 Å². The smallest absolute Gasteiger partial charge is 0.0662 e. The average Bonchev–Trinajstić information content (AvgIpc) is 2.33. The van der Waals surface area contributed by atoms with E-state index in [0.717, 1.165) is 25.7 Å². The molecule has 4 nitrogen and oxygen atoms in total. The van der Waals surface area contributed by atoms with E-state index >= 15 is 0 Å². The number of rotatable bonds is 10. The second-order valence-electron chi connectivity index (χ2n) is 3.72. The molecule has 0 heterocycles. The third kappa shape index (κ3) is 23.6. The quantitative estimate of drug-likeness (QED) is 0.428. The summed E-state index contributed by atoms with van der Waals surface area (Å²) in [6.07, 6.45) is 9.30. The van der Waals surface area contributed by atoms with Crippen molar-refractivity contribution in [3.63, 3.8) is 0 Å². The molecule has 100 valence electrons. The van der Waals surface area contributed by atoms with Crippen molar-refractivity contribution >= 4 is 0 Å². The molecule has 0 aromatic carbocycles. The first kappa shape index (κ1) is 18.2. The van der Waals surface area contributed by atoms with Crippen molar-refractivity contribution in [2.75, 3.05) is 26.4 Å². The highest BCUT2D eigenvalue weighted by atomic mass is 16.3. The lowest BCUT2D eigenvalue weighted by Gasteiger charge is -1.99. The van der Waals surface area contributed by atoms with E-state index < -0.39 is 0 Å². The summed E-state index contributed by atoms with van der Waals surface area (Å²) in [7, 11) is 0. The Labute approximate surface area is 98.9 Å². The molecule has 0 unspecified atom stereocenters. The maximum atomic E-state index is 8.51. The molecule has 0 fully saturated rings. The Bertz CT molecular complexity index is 87.0. The van der Waals surface area contributed by atoms with Crippen LogP contribution in [-0.4, -0.2) is 46.9 Å². The summed E-state index contributed by atoms with van der Waals surface area (Å²) < 4.78 is 0. The normalized spacial score (nSPS) is 9.75. The summed E-state index contributed by atoms with van der Waals surface area (Å²) >= 11 is 0. The van der Waals surface area contributed by atoms with Crippen molar-refractivity contribution < 1.29 is 20.4 Å². The molecule has 0 saturated heterocycles. The predicted octanol–water partition coefficient (Wildman–Crippen LogP) is 1.06. The minimum atomic E-state index is -0.125. The van der Waals surface area contributed by atoms with Crippen LogP contribution in [0.1, 0.15) is 51.4 Å². The highest BCUT2D eigenvalue weighted by Gasteiger charge is 1.90.